The van der Waals surface area contributed by atoms with Crippen molar-refractivity contribution < 1.29 is 4.74 Å². The molecule has 0 aliphatic rings. The Hall–Kier alpha value is -2.30. The van der Waals surface area contributed by atoms with Gasteiger partial charge in [-0.15, -0.1) is 0 Å². The molecule has 0 amide bonds. The lowest BCUT2D eigenvalue weighted by Crippen LogP contribution is -1.94. The minimum Gasteiger partial charge on any atom is -0.439 e. The first-order chi connectivity index (χ1) is 7.78. The smallest absolute Gasteiger partial charge is 0.224 e. The molecule has 0 radical (unpaired) electrons. The molecule has 1 aromatic heterocycles. The summed E-state index contributed by atoms with van der Waals surface area (Å²) in [5.74, 6) is 1.53. The molecule has 16 heavy (non-hydrogen) atoms. The average Bonchev–Trinajstić information content (AvgIpc) is 2.30. The van der Waals surface area contributed by atoms with E-state index in [0.29, 0.717) is 17.4 Å². The molecule has 5 heteroatoms. The van der Waals surface area contributed by atoms with Gasteiger partial charge < -0.3 is 15.8 Å². The number of benzene rings is 1. The van der Waals surface area contributed by atoms with Crippen LogP contribution in [0.2, 0.25) is 0 Å². The van der Waals surface area contributed by atoms with Crippen molar-refractivity contribution in [1.82, 2.24) is 9.97 Å². The number of rotatable bonds is 3. The van der Waals surface area contributed by atoms with Crippen LogP contribution in [0.1, 0.15) is 0 Å². The maximum absolute atomic E-state index is 5.52. The van der Waals surface area contributed by atoms with E-state index in [4.69, 9.17) is 10.5 Å². The van der Waals surface area contributed by atoms with Crippen LogP contribution < -0.4 is 15.8 Å². The van der Waals surface area contributed by atoms with Crippen LogP contribution in [0, 0.1) is 0 Å². The normalized spacial score (nSPS) is 9.81. The number of hydrogen-bond acceptors (Lipinski definition) is 5. The number of ether oxygens (including phenoxy) is 1. The minimum absolute atomic E-state index is 0.386. The van der Waals surface area contributed by atoms with E-state index < -0.39 is 0 Å². The third kappa shape index (κ3) is 2.38. The van der Waals surface area contributed by atoms with Crippen LogP contribution in [0.4, 0.5) is 11.5 Å². The predicted molar refractivity (Wildman–Crippen MR) is 62.5 cm³/mol. The van der Waals surface area contributed by atoms with E-state index in [1.807, 2.05) is 31.3 Å². The van der Waals surface area contributed by atoms with E-state index in [-0.39, 0.29) is 0 Å². The Bertz CT molecular complexity index is 470. The van der Waals surface area contributed by atoms with Crippen molar-refractivity contribution in [3.05, 3.63) is 36.7 Å². The van der Waals surface area contributed by atoms with Gasteiger partial charge in [-0.25, -0.2) is 9.97 Å². The van der Waals surface area contributed by atoms with Crippen LogP contribution in [0.25, 0.3) is 0 Å². The maximum atomic E-state index is 5.52. The van der Waals surface area contributed by atoms with Crippen molar-refractivity contribution in [3.8, 4) is 11.6 Å². The van der Waals surface area contributed by atoms with Crippen molar-refractivity contribution in [3.63, 3.8) is 0 Å². The molecule has 0 fully saturated rings. The molecule has 5 nitrogen and oxygen atoms in total. The molecule has 0 aliphatic heterocycles. The van der Waals surface area contributed by atoms with Gasteiger partial charge in [-0.2, -0.15) is 0 Å². The summed E-state index contributed by atoms with van der Waals surface area (Å²) in [6.45, 7) is 0. The van der Waals surface area contributed by atoms with Gasteiger partial charge in [0, 0.05) is 18.8 Å². The molecular weight excluding hydrogens is 204 g/mol. The van der Waals surface area contributed by atoms with E-state index in [2.05, 4.69) is 15.3 Å². The molecule has 0 spiro atoms. The molecule has 1 heterocycles. The molecule has 0 saturated carbocycles. The highest BCUT2D eigenvalue weighted by Crippen LogP contribution is 2.21. The predicted octanol–water partition coefficient (Wildman–Crippen LogP) is 1.89. The van der Waals surface area contributed by atoms with Gasteiger partial charge in [0.25, 0.3) is 0 Å². The van der Waals surface area contributed by atoms with Crippen molar-refractivity contribution in [2.24, 2.45) is 0 Å². The maximum Gasteiger partial charge on any atom is 0.224 e. The standard InChI is InChI=1S/C11H12N4O/c1-13-8-2-4-9(5-3-8)16-11-6-10(12)14-7-15-11/h2-7,13H,1H3,(H2,12,14,15). The first-order valence-electron chi connectivity index (χ1n) is 4.81. The highest BCUT2D eigenvalue weighted by atomic mass is 16.5. The van der Waals surface area contributed by atoms with Gasteiger partial charge in [0.05, 0.1) is 0 Å². The van der Waals surface area contributed by atoms with E-state index in [1.165, 1.54) is 6.33 Å². The summed E-state index contributed by atoms with van der Waals surface area (Å²) in [5.41, 5.74) is 6.54. The second-order valence-corrected chi connectivity index (χ2v) is 3.16. The largest absolute Gasteiger partial charge is 0.439 e. The van der Waals surface area contributed by atoms with Crippen LogP contribution in [0.3, 0.4) is 0 Å². The Kier molecular flexibility index (Phi) is 2.86. The zero-order valence-corrected chi connectivity index (χ0v) is 8.84. The number of aromatic nitrogens is 2. The van der Waals surface area contributed by atoms with Gasteiger partial charge in [0.15, 0.2) is 0 Å². The molecule has 82 valence electrons. The van der Waals surface area contributed by atoms with Gasteiger partial charge in [-0.1, -0.05) is 0 Å². The highest BCUT2D eigenvalue weighted by Gasteiger charge is 1.99. The zero-order valence-electron chi connectivity index (χ0n) is 8.84. The van der Waals surface area contributed by atoms with Gasteiger partial charge >= 0.3 is 0 Å². The Morgan fingerprint density at radius 2 is 1.94 bits per heavy atom. The number of nitrogen functional groups attached to an aromatic ring is 1. The molecule has 3 N–H and O–H groups in total. The third-order valence-corrected chi connectivity index (χ3v) is 2.03. The van der Waals surface area contributed by atoms with Gasteiger partial charge in [0.2, 0.25) is 5.88 Å². The van der Waals surface area contributed by atoms with Crippen LogP contribution in [0.5, 0.6) is 11.6 Å². The van der Waals surface area contributed by atoms with Crippen molar-refractivity contribution in [2.45, 2.75) is 0 Å². The summed E-state index contributed by atoms with van der Waals surface area (Å²) in [6.07, 6.45) is 1.37. The Morgan fingerprint density at radius 1 is 1.19 bits per heavy atom. The monoisotopic (exact) mass is 216 g/mol. The second kappa shape index (κ2) is 4.48. The fraction of sp³-hybridized carbons (Fsp3) is 0.0909. The molecule has 2 rings (SSSR count). The molecule has 0 unspecified atom stereocenters. The van der Waals surface area contributed by atoms with Gasteiger partial charge in [-0.05, 0) is 24.3 Å². The lowest BCUT2D eigenvalue weighted by molar-refractivity contribution is 0.462. The summed E-state index contributed by atoms with van der Waals surface area (Å²) < 4.78 is 5.50. The topological polar surface area (TPSA) is 73.1 Å². The summed E-state index contributed by atoms with van der Waals surface area (Å²) in [5, 5.41) is 3.03. The first-order valence-corrected chi connectivity index (χ1v) is 4.81. The van der Waals surface area contributed by atoms with Crippen LogP contribution in [0.15, 0.2) is 36.7 Å². The highest BCUT2D eigenvalue weighted by molar-refractivity contribution is 5.46. The van der Waals surface area contributed by atoms with E-state index in [1.54, 1.807) is 6.07 Å². The van der Waals surface area contributed by atoms with E-state index in [9.17, 15) is 0 Å². The molecule has 0 aliphatic carbocycles. The molecule has 0 atom stereocenters. The minimum atomic E-state index is 0.386. The first kappa shape index (κ1) is 10.2. The summed E-state index contributed by atoms with van der Waals surface area (Å²) in [4.78, 5) is 7.73. The summed E-state index contributed by atoms with van der Waals surface area (Å²) in [6, 6.07) is 9.11. The number of nitrogens with zero attached hydrogens (tertiary/aromatic N) is 2. The zero-order chi connectivity index (χ0) is 11.4. The number of hydrogen-bond donors (Lipinski definition) is 2. The van der Waals surface area contributed by atoms with Crippen molar-refractivity contribution in [2.75, 3.05) is 18.1 Å². The summed E-state index contributed by atoms with van der Waals surface area (Å²) in [7, 11) is 1.86. The Morgan fingerprint density at radius 3 is 2.56 bits per heavy atom. The molecule has 0 saturated heterocycles. The molecule has 0 bridgehead atoms. The van der Waals surface area contributed by atoms with Crippen LogP contribution in [-0.2, 0) is 0 Å². The number of nitrogens with one attached hydrogen (secondary N) is 1. The molecule has 1 aromatic carbocycles. The quantitative estimate of drug-likeness (QED) is 0.819. The van der Waals surface area contributed by atoms with Crippen LogP contribution >= 0.6 is 0 Å². The third-order valence-electron chi connectivity index (χ3n) is 2.03. The van der Waals surface area contributed by atoms with Crippen molar-refractivity contribution in [1.29, 1.82) is 0 Å². The Balaban J connectivity index is 2.14. The SMILES string of the molecule is CNc1ccc(Oc2cc(N)ncn2)cc1. The fourth-order valence-corrected chi connectivity index (χ4v) is 1.22. The number of nitrogens with two attached hydrogens (primary N) is 1. The van der Waals surface area contributed by atoms with Gasteiger partial charge in [-0.3, -0.25) is 0 Å². The summed E-state index contributed by atoms with van der Waals surface area (Å²) >= 11 is 0. The van der Waals surface area contributed by atoms with Crippen LogP contribution in [-0.4, -0.2) is 17.0 Å². The van der Waals surface area contributed by atoms with Crippen molar-refractivity contribution >= 4 is 11.5 Å². The van der Waals surface area contributed by atoms with E-state index in [0.717, 1.165) is 5.69 Å². The lowest BCUT2D eigenvalue weighted by atomic mass is 10.3. The molecular formula is C11H12N4O. The second-order valence-electron chi connectivity index (χ2n) is 3.16. The van der Waals surface area contributed by atoms with E-state index >= 15 is 0 Å². The average molecular weight is 216 g/mol. The lowest BCUT2D eigenvalue weighted by Gasteiger charge is -2.05. The number of anilines is 2. The fourth-order valence-electron chi connectivity index (χ4n) is 1.22. The molecule has 2 aromatic rings. The Labute approximate surface area is 93.3 Å². The van der Waals surface area contributed by atoms with Gasteiger partial charge in [0.1, 0.15) is 17.9 Å².